The molecule has 0 fully saturated rings. The summed E-state index contributed by atoms with van der Waals surface area (Å²) in [6.07, 6.45) is 22.7. The second-order valence-electron chi connectivity index (χ2n) is 14.4. The zero-order valence-electron chi connectivity index (χ0n) is 29.0. The molecule has 2 rings (SSSR count). The van der Waals surface area contributed by atoms with Crippen molar-refractivity contribution in [1.82, 2.24) is 0 Å². The van der Waals surface area contributed by atoms with Crippen molar-refractivity contribution >= 4 is 27.0 Å². The SMILES string of the molecule is CCCCC[C@@H](/C=C/C=C/C/C=C/CCCCO[Si](C)(C)C(C)(C)C)O[Si](c1ccccc1)(c1ccccc1)C(C)(C)C. The van der Waals surface area contributed by atoms with Crippen molar-refractivity contribution in [2.24, 2.45) is 0 Å². The van der Waals surface area contributed by atoms with Gasteiger partial charge in [0, 0.05) is 6.61 Å². The lowest BCUT2D eigenvalue weighted by molar-refractivity contribution is 0.218. The Kier molecular flexibility index (Phi) is 15.7. The number of unbranched alkanes of at least 4 members (excludes halogenated alkanes) is 4. The Balaban J connectivity index is 2.04. The van der Waals surface area contributed by atoms with Crippen molar-refractivity contribution in [1.29, 1.82) is 0 Å². The summed E-state index contributed by atoms with van der Waals surface area (Å²) in [6, 6.07) is 22.0. The van der Waals surface area contributed by atoms with E-state index in [1.807, 2.05) is 0 Å². The summed E-state index contributed by atoms with van der Waals surface area (Å²) >= 11 is 0. The van der Waals surface area contributed by atoms with Crippen LogP contribution in [0.2, 0.25) is 23.2 Å². The Hall–Kier alpha value is -1.99. The van der Waals surface area contributed by atoms with Gasteiger partial charge in [-0.3, -0.25) is 0 Å². The third kappa shape index (κ3) is 11.8. The molecule has 0 saturated carbocycles. The molecule has 43 heavy (non-hydrogen) atoms. The lowest BCUT2D eigenvalue weighted by Gasteiger charge is -2.45. The van der Waals surface area contributed by atoms with Gasteiger partial charge in [-0.15, -0.1) is 0 Å². The molecule has 0 spiro atoms. The fourth-order valence-electron chi connectivity index (χ4n) is 5.25. The van der Waals surface area contributed by atoms with Crippen LogP contribution in [0.4, 0.5) is 0 Å². The molecule has 2 aromatic carbocycles. The van der Waals surface area contributed by atoms with Gasteiger partial charge in [0.05, 0.1) is 6.10 Å². The summed E-state index contributed by atoms with van der Waals surface area (Å²) in [5.41, 5.74) is 0. The fourth-order valence-corrected chi connectivity index (χ4v) is 11.0. The van der Waals surface area contributed by atoms with Crippen LogP contribution in [0.3, 0.4) is 0 Å². The van der Waals surface area contributed by atoms with Gasteiger partial charge in [0.25, 0.3) is 8.32 Å². The normalized spacial score (nSPS) is 14.3. The van der Waals surface area contributed by atoms with Gasteiger partial charge in [0.2, 0.25) is 0 Å². The van der Waals surface area contributed by atoms with Crippen molar-refractivity contribution in [3.8, 4) is 0 Å². The average Bonchev–Trinajstić information content (AvgIpc) is 2.95. The maximum Gasteiger partial charge on any atom is 0.261 e. The second kappa shape index (κ2) is 18.1. The van der Waals surface area contributed by atoms with E-state index in [4.69, 9.17) is 8.85 Å². The zero-order chi connectivity index (χ0) is 31.8. The second-order valence-corrected chi connectivity index (χ2v) is 23.5. The molecule has 238 valence electrons. The quantitative estimate of drug-likeness (QED) is 0.0716. The van der Waals surface area contributed by atoms with E-state index in [-0.39, 0.29) is 16.2 Å². The van der Waals surface area contributed by atoms with Crippen molar-refractivity contribution in [3.05, 3.63) is 97.1 Å². The first-order valence-electron chi connectivity index (χ1n) is 16.8. The van der Waals surface area contributed by atoms with E-state index < -0.39 is 16.6 Å². The number of benzene rings is 2. The molecule has 0 heterocycles. The highest BCUT2D eigenvalue weighted by Crippen LogP contribution is 2.38. The maximum atomic E-state index is 7.45. The van der Waals surface area contributed by atoms with E-state index in [0.717, 1.165) is 32.3 Å². The summed E-state index contributed by atoms with van der Waals surface area (Å²) in [5, 5.41) is 2.95. The van der Waals surface area contributed by atoms with Crippen molar-refractivity contribution in [2.45, 2.75) is 129 Å². The molecule has 2 aromatic rings. The van der Waals surface area contributed by atoms with E-state index in [1.165, 1.54) is 36.1 Å². The van der Waals surface area contributed by atoms with E-state index in [2.05, 4.69) is 159 Å². The van der Waals surface area contributed by atoms with Crippen LogP contribution >= 0.6 is 0 Å². The van der Waals surface area contributed by atoms with Gasteiger partial charge in [0.1, 0.15) is 0 Å². The molecule has 0 aliphatic carbocycles. The van der Waals surface area contributed by atoms with Gasteiger partial charge in [-0.25, -0.2) is 0 Å². The Morgan fingerprint density at radius 1 is 0.698 bits per heavy atom. The molecular formula is C39H62O2Si2. The molecule has 0 aromatic heterocycles. The monoisotopic (exact) mass is 618 g/mol. The maximum absolute atomic E-state index is 7.45. The highest BCUT2D eigenvalue weighted by molar-refractivity contribution is 6.99. The van der Waals surface area contributed by atoms with E-state index in [9.17, 15) is 0 Å². The highest BCUT2D eigenvalue weighted by atomic mass is 28.4. The molecule has 2 nitrogen and oxygen atoms in total. The molecule has 0 saturated heterocycles. The first kappa shape index (κ1) is 37.2. The van der Waals surface area contributed by atoms with Crippen LogP contribution in [0.1, 0.15) is 99.8 Å². The van der Waals surface area contributed by atoms with Crippen LogP contribution in [0.15, 0.2) is 97.1 Å². The smallest absolute Gasteiger partial charge is 0.261 e. The van der Waals surface area contributed by atoms with Gasteiger partial charge < -0.3 is 8.85 Å². The molecule has 0 amide bonds. The molecule has 0 bridgehead atoms. The molecule has 0 N–H and O–H groups in total. The van der Waals surface area contributed by atoms with E-state index in [0.29, 0.717) is 0 Å². The predicted molar refractivity (Wildman–Crippen MR) is 196 cm³/mol. The van der Waals surface area contributed by atoms with Crippen LogP contribution in [0.5, 0.6) is 0 Å². The lowest BCUT2D eigenvalue weighted by Crippen LogP contribution is -2.67. The van der Waals surface area contributed by atoms with Crippen LogP contribution in [0, 0.1) is 0 Å². The molecule has 0 unspecified atom stereocenters. The number of allylic oxidation sites excluding steroid dienone is 5. The standard InChI is InChI=1S/C39H62O2Si2/c1-10-11-21-28-35(29-22-17-15-13-12-14-16-18-27-34-40-42(8,9)38(2,3)4)41-43(39(5,6)7,36-30-23-19-24-31-36)37-32-25-20-26-33-37/h12,14-15,17,19-20,22-26,29-33,35H,10-11,13,16,18,21,27-28,34H2,1-9H3/b14-12+,17-15+,29-22+/t35-/m0/s1. The van der Waals surface area contributed by atoms with Gasteiger partial charge >= 0.3 is 0 Å². The van der Waals surface area contributed by atoms with Crippen LogP contribution in [0.25, 0.3) is 0 Å². The van der Waals surface area contributed by atoms with Gasteiger partial charge in [-0.1, -0.05) is 165 Å². The number of hydrogen-bond donors (Lipinski definition) is 0. The van der Waals surface area contributed by atoms with Crippen molar-refractivity contribution < 1.29 is 8.85 Å². The summed E-state index contributed by atoms with van der Waals surface area (Å²) in [5.74, 6) is 0. The number of rotatable bonds is 18. The lowest BCUT2D eigenvalue weighted by atomic mass is 10.1. The summed E-state index contributed by atoms with van der Waals surface area (Å²) in [7, 11) is -4.20. The fraction of sp³-hybridized carbons (Fsp3) is 0.538. The first-order chi connectivity index (χ1) is 20.3. The minimum absolute atomic E-state index is 0.0238. The highest BCUT2D eigenvalue weighted by Gasteiger charge is 2.51. The van der Waals surface area contributed by atoms with Gasteiger partial charge in [0.15, 0.2) is 8.32 Å². The van der Waals surface area contributed by atoms with E-state index in [1.54, 1.807) is 0 Å². The Morgan fingerprint density at radius 2 is 1.30 bits per heavy atom. The molecule has 0 radical (unpaired) electrons. The van der Waals surface area contributed by atoms with Crippen LogP contribution in [-0.2, 0) is 8.85 Å². The predicted octanol–water partition coefficient (Wildman–Crippen LogP) is 10.8. The molecule has 0 aliphatic rings. The summed E-state index contributed by atoms with van der Waals surface area (Å²) in [6.45, 7) is 21.8. The average molecular weight is 619 g/mol. The number of hydrogen-bond acceptors (Lipinski definition) is 2. The van der Waals surface area contributed by atoms with Crippen molar-refractivity contribution in [2.75, 3.05) is 6.61 Å². The Bertz CT molecular complexity index is 1070. The minimum atomic E-state index is -2.59. The Morgan fingerprint density at radius 3 is 1.84 bits per heavy atom. The zero-order valence-corrected chi connectivity index (χ0v) is 31.0. The minimum Gasteiger partial charge on any atom is -0.417 e. The topological polar surface area (TPSA) is 18.5 Å². The Labute approximate surface area is 268 Å². The summed E-state index contributed by atoms with van der Waals surface area (Å²) < 4.78 is 13.8. The van der Waals surface area contributed by atoms with Gasteiger partial charge in [-0.2, -0.15) is 0 Å². The summed E-state index contributed by atoms with van der Waals surface area (Å²) in [4.78, 5) is 0. The van der Waals surface area contributed by atoms with Crippen molar-refractivity contribution in [3.63, 3.8) is 0 Å². The van der Waals surface area contributed by atoms with Crippen LogP contribution in [-0.4, -0.2) is 29.3 Å². The van der Waals surface area contributed by atoms with E-state index >= 15 is 0 Å². The molecule has 1 atom stereocenters. The van der Waals surface area contributed by atoms with Crippen LogP contribution < -0.4 is 10.4 Å². The molecule has 4 heteroatoms. The third-order valence-electron chi connectivity index (χ3n) is 8.88. The largest absolute Gasteiger partial charge is 0.417 e. The molecular weight excluding hydrogens is 557 g/mol. The first-order valence-corrected chi connectivity index (χ1v) is 21.6. The third-order valence-corrected chi connectivity index (χ3v) is 18.5. The molecule has 0 aliphatic heterocycles. The van der Waals surface area contributed by atoms with Gasteiger partial charge in [-0.05, 0) is 65.6 Å².